The van der Waals surface area contributed by atoms with Gasteiger partial charge < -0.3 is 14.7 Å². The molecular formula is C21H24F3N3O3. The maximum Gasteiger partial charge on any atom is 0.416 e. The molecule has 1 aromatic carbocycles. The standard InChI is InChI=1S/C21H24F3N3O3/c1-20(2,3)16-11-17(26-30-16)25-18(28)14-5-4-10-27(12-14)19(29)13-6-8-15(9-7-13)21(22,23)24/h6-9,11,14H,4-5,10,12H2,1-3H3,(H,25,26,28). The van der Waals surface area contributed by atoms with Gasteiger partial charge in [-0.15, -0.1) is 0 Å². The molecule has 1 fully saturated rings. The summed E-state index contributed by atoms with van der Waals surface area (Å²) in [6.07, 6.45) is -3.23. The Morgan fingerprint density at radius 2 is 1.83 bits per heavy atom. The summed E-state index contributed by atoms with van der Waals surface area (Å²) in [4.78, 5) is 26.8. The number of carbonyl (C=O) groups is 2. The number of nitrogens with one attached hydrogen (secondary N) is 1. The van der Waals surface area contributed by atoms with E-state index in [-0.39, 0.29) is 23.4 Å². The van der Waals surface area contributed by atoms with Crippen LogP contribution < -0.4 is 5.32 Å². The van der Waals surface area contributed by atoms with Gasteiger partial charge in [-0.1, -0.05) is 25.9 Å². The minimum atomic E-state index is -4.45. The Morgan fingerprint density at radius 3 is 2.40 bits per heavy atom. The number of anilines is 1. The number of halogens is 3. The summed E-state index contributed by atoms with van der Waals surface area (Å²) < 4.78 is 43.4. The van der Waals surface area contributed by atoms with Gasteiger partial charge in [0.15, 0.2) is 5.82 Å². The highest BCUT2D eigenvalue weighted by atomic mass is 19.4. The smallest absolute Gasteiger partial charge is 0.359 e. The molecule has 1 N–H and O–H groups in total. The molecule has 1 unspecified atom stereocenters. The minimum Gasteiger partial charge on any atom is -0.359 e. The van der Waals surface area contributed by atoms with Gasteiger partial charge in [0, 0.05) is 30.1 Å². The maximum absolute atomic E-state index is 12.7. The number of amides is 2. The second-order valence-electron chi connectivity index (χ2n) is 8.48. The lowest BCUT2D eigenvalue weighted by atomic mass is 9.93. The lowest BCUT2D eigenvalue weighted by molar-refractivity contribution is -0.137. The van der Waals surface area contributed by atoms with Crippen molar-refractivity contribution in [1.82, 2.24) is 10.1 Å². The summed E-state index contributed by atoms with van der Waals surface area (Å²) in [7, 11) is 0. The van der Waals surface area contributed by atoms with E-state index in [9.17, 15) is 22.8 Å². The van der Waals surface area contributed by atoms with Crippen LogP contribution in [0.4, 0.5) is 19.0 Å². The average molecular weight is 423 g/mol. The maximum atomic E-state index is 12.7. The van der Waals surface area contributed by atoms with Crippen LogP contribution in [0.25, 0.3) is 0 Å². The minimum absolute atomic E-state index is 0.162. The summed E-state index contributed by atoms with van der Waals surface area (Å²) in [5.74, 6) is -0.144. The van der Waals surface area contributed by atoms with E-state index in [1.165, 1.54) is 4.90 Å². The number of benzene rings is 1. The van der Waals surface area contributed by atoms with Crippen molar-refractivity contribution in [3.8, 4) is 0 Å². The molecule has 0 aliphatic carbocycles. The van der Waals surface area contributed by atoms with Gasteiger partial charge in [0.25, 0.3) is 5.91 Å². The number of rotatable bonds is 3. The topological polar surface area (TPSA) is 75.4 Å². The van der Waals surface area contributed by atoms with Crippen LogP contribution >= 0.6 is 0 Å². The zero-order valence-electron chi connectivity index (χ0n) is 17.0. The highest BCUT2D eigenvalue weighted by Gasteiger charge is 2.32. The first-order valence-electron chi connectivity index (χ1n) is 9.70. The van der Waals surface area contributed by atoms with E-state index in [2.05, 4.69) is 10.5 Å². The number of carbonyl (C=O) groups excluding carboxylic acids is 2. The molecule has 1 aromatic heterocycles. The van der Waals surface area contributed by atoms with Gasteiger partial charge in [0.1, 0.15) is 5.76 Å². The van der Waals surface area contributed by atoms with Crippen LogP contribution in [0.5, 0.6) is 0 Å². The molecule has 9 heteroatoms. The summed E-state index contributed by atoms with van der Waals surface area (Å²) in [5, 5.41) is 6.59. The summed E-state index contributed by atoms with van der Waals surface area (Å²) in [5.41, 5.74) is -0.890. The first-order chi connectivity index (χ1) is 13.9. The van der Waals surface area contributed by atoms with Crippen molar-refractivity contribution in [3.05, 3.63) is 47.2 Å². The van der Waals surface area contributed by atoms with E-state index >= 15 is 0 Å². The molecule has 0 spiro atoms. The highest BCUT2D eigenvalue weighted by Crippen LogP contribution is 2.30. The monoisotopic (exact) mass is 423 g/mol. The second kappa shape index (κ2) is 8.12. The Balaban J connectivity index is 1.63. The van der Waals surface area contributed by atoms with E-state index in [1.807, 2.05) is 20.8 Å². The lowest BCUT2D eigenvalue weighted by Gasteiger charge is -2.32. The van der Waals surface area contributed by atoms with E-state index < -0.39 is 23.6 Å². The van der Waals surface area contributed by atoms with Crippen LogP contribution in [0.15, 0.2) is 34.9 Å². The fourth-order valence-corrected chi connectivity index (χ4v) is 3.28. The van der Waals surface area contributed by atoms with Crippen molar-refractivity contribution in [3.63, 3.8) is 0 Å². The third kappa shape index (κ3) is 5.01. The van der Waals surface area contributed by atoms with Crippen LogP contribution in [0.2, 0.25) is 0 Å². The highest BCUT2D eigenvalue weighted by molar-refractivity contribution is 5.96. The summed E-state index contributed by atoms with van der Waals surface area (Å²) in [6, 6.07) is 5.78. The molecule has 2 aromatic rings. The van der Waals surface area contributed by atoms with Gasteiger partial charge in [-0.05, 0) is 37.1 Å². The van der Waals surface area contributed by atoms with E-state index in [1.54, 1.807) is 6.07 Å². The van der Waals surface area contributed by atoms with Gasteiger partial charge in [-0.3, -0.25) is 9.59 Å². The van der Waals surface area contributed by atoms with Gasteiger partial charge >= 0.3 is 6.18 Å². The van der Waals surface area contributed by atoms with Crippen molar-refractivity contribution in [2.45, 2.75) is 45.2 Å². The third-order valence-corrected chi connectivity index (χ3v) is 5.04. The SMILES string of the molecule is CC(C)(C)c1cc(NC(=O)C2CCCN(C(=O)c3ccc(C(F)(F)F)cc3)C2)no1. The Hall–Kier alpha value is -2.84. The third-order valence-electron chi connectivity index (χ3n) is 5.04. The Labute approximate surface area is 172 Å². The molecule has 1 saturated heterocycles. The van der Waals surface area contributed by atoms with Crippen LogP contribution in [0.1, 0.15) is 55.3 Å². The molecule has 2 amide bonds. The molecule has 0 saturated carbocycles. The Kier molecular flexibility index (Phi) is 5.92. The number of hydrogen-bond acceptors (Lipinski definition) is 4. The molecule has 1 aliphatic heterocycles. The van der Waals surface area contributed by atoms with Gasteiger partial charge in [-0.25, -0.2) is 0 Å². The molecule has 6 nitrogen and oxygen atoms in total. The largest absolute Gasteiger partial charge is 0.416 e. The van der Waals surface area contributed by atoms with E-state index in [0.717, 1.165) is 24.3 Å². The Bertz CT molecular complexity index is 914. The molecular weight excluding hydrogens is 399 g/mol. The zero-order chi connectivity index (χ0) is 22.1. The second-order valence-corrected chi connectivity index (χ2v) is 8.48. The first kappa shape index (κ1) is 21.9. The predicted octanol–water partition coefficient (Wildman–Crippen LogP) is 4.48. The Morgan fingerprint density at radius 1 is 1.17 bits per heavy atom. The quantitative estimate of drug-likeness (QED) is 0.790. The van der Waals surface area contributed by atoms with Crippen molar-refractivity contribution < 1.29 is 27.3 Å². The predicted molar refractivity (Wildman–Crippen MR) is 104 cm³/mol. The molecule has 0 bridgehead atoms. The fourth-order valence-electron chi connectivity index (χ4n) is 3.28. The van der Waals surface area contributed by atoms with Gasteiger partial charge in [0.05, 0.1) is 11.5 Å². The summed E-state index contributed by atoms with van der Waals surface area (Å²) in [6.45, 7) is 6.53. The van der Waals surface area contributed by atoms with Crippen molar-refractivity contribution in [2.24, 2.45) is 5.92 Å². The lowest BCUT2D eigenvalue weighted by Crippen LogP contribution is -2.43. The molecule has 3 rings (SSSR count). The number of hydrogen-bond donors (Lipinski definition) is 1. The zero-order valence-corrected chi connectivity index (χ0v) is 17.0. The van der Waals surface area contributed by atoms with E-state index in [4.69, 9.17) is 4.52 Å². The van der Waals surface area contributed by atoms with Gasteiger partial charge in [0.2, 0.25) is 5.91 Å². The van der Waals surface area contributed by atoms with Crippen LogP contribution in [0.3, 0.4) is 0 Å². The van der Waals surface area contributed by atoms with Crippen LogP contribution in [-0.2, 0) is 16.4 Å². The van der Waals surface area contributed by atoms with Crippen LogP contribution in [0, 0.1) is 5.92 Å². The fraction of sp³-hybridized carbons (Fsp3) is 0.476. The normalized spacial score (nSPS) is 17.7. The molecule has 1 aliphatic rings. The van der Waals surface area contributed by atoms with Crippen molar-refractivity contribution >= 4 is 17.6 Å². The van der Waals surface area contributed by atoms with Crippen LogP contribution in [-0.4, -0.2) is 35.0 Å². The van der Waals surface area contributed by atoms with Gasteiger partial charge in [-0.2, -0.15) is 13.2 Å². The first-order valence-corrected chi connectivity index (χ1v) is 9.70. The van der Waals surface area contributed by atoms with Crippen molar-refractivity contribution in [1.29, 1.82) is 0 Å². The number of likely N-dealkylation sites (tertiary alicyclic amines) is 1. The molecule has 0 radical (unpaired) electrons. The van der Waals surface area contributed by atoms with Crippen molar-refractivity contribution in [2.75, 3.05) is 18.4 Å². The summed E-state index contributed by atoms with van der Waals surface area (Å²) >= 11 is 0. The van der Waals surface area contributed by atoms with E-state index in [0.29, 0.717) is 31.0 Å². The average Bonchev–Trinajstić information content (AvgIpc) is 3.16. The molecule has 2 heterocycles. The number of nitrogens with zero attached hydrogens (tertiary/aromatic N) is 2. The number of alkyl halides is 3. The number of aromatic nitrogens is 1. The molecule has 162 valence electrons. The number of piperidine rings is 1. The molecule has 1 atom stereocenters. The molecule has 30 heavy (non-hydrogen) atoms.